The molecular formula is C23H18FN5O3. The van der Waals surface area contributed by atoms with Gasteiger partial charge in [-0.15, -0.1) is 0 Å². The van der Waals surface area contributed by atoms with Crippen LogP contribution in [0.3, 0.4) is 0 Å². The average molecular weight is 431 g/mol. The molecule has 1 unspecified atom stereocenters. The minimum absolute atomic E-state index is 0.144. The van der Waals surface area contributed by atoms with Gasteiger partial charge in [0.05, 0.1) is 18.3 Å². The van der Waals surface area contributed by atoms with Crippen LogP contribution in [0.2, 0.25) is 0 Å². The van der Waals surface area contributed by atoms with Gasteiger partial charge in [-0.1, -0.05) is 17.3 Å². The first-order chi connectivity index (χ1) is 15.7. The smallest absolute Gasteiger partial charge is 0.262 e. The molecule has 160 valence electrons. The number of benzene rings is 2. The Kier molecular flexibility index (Phi) is 5.29. The summed E-state index contributed by atoms with van der Waals surface area (Å²) in [6.07, 6.45) is 5.17. The van der Waals surface area contributed by atoms with Gasteiger partial charge in [0.2, 0.25) is 5.82 Å². The SMILES string of the molecule is O=C(c1ccc(F)cc1)N1CCC(Oc2ccccc2-c2nc(-c3cnccn3)no2)C1. The van der Waals surface area contributed by atoms with Crippen molar-refractivity contribution in [3.63, 3.8) is 0 Å². The highest BCUT2D eigenvalue weighted by Gasteiger charge is 2.29. The fraction of sp³-hybridized carbons (Fsp3) is 0.174. The van der Waals surface area contributed by atoms with E-state index in [4.69, 9.17) is 9.26 Å². The number of hydrogen-bond donors (Lipinski definition) is 0. The molecule has 0 aliphatic carbocycles. The molecule has 1 aliphatic heterocycles. The second-order valence-electron chi connectivity index (χ2n) is 7.30. The van der Waals surface area contributed by atoms with Crippen molar-refractivity contribution in [3.05, 3.63) is 78.5 Å². The van der Waals surface area contributed by atoms with E-state index in [2.05, 4.69) is 20.1 Å². The monoisotopic (exact) mass is 431 g/mol. The number of rotatable bonds is 5. The van der Waals surface area contributed by atoms with E-state index < -0.39 is 0 Å². The van der Waals surface area contributed by atoms with Gasteiger partial charge in [0.25, 0.3) is 11.8 Å². The van der Waals surface area contributed by atoms with E-state index >= 15 is 0 Å². The zero-order chi connectivity index (χ0) is 21.9. The molecule has 1 atom stereocenters. The Labute approximate surface area is 182 Å². The van der Waals surface area contributed by atoms with Gasteiger partial charge < -0.3 is 14.2 Å². The van der Waals surface area contributed by atoms with Crippen molar-refractivity contribution in [2.75, 3.05) is 13.1 Å². The van der Waals surface area contributed by atoms with Crippen LogP contribution in [0.15, 0.2) is 71.6 Å². The summed E-state index contributed by atoms with van der Waals surface area (Å²) in [6.45, 7) is 0.986. The highest BCUT2D eigenvalue weighted by atomic mass is 19.1. The van der Waals surface area contributed by atoms with E-state index in [1.807, 2.05) is 24.3 Å². The molecule has 9 heteroatoms. The average Bonchev–Trinajstić information content (AvgIpc) is 3.50. The quantitative estimate of drug-likeness (QED) is 0.476. The summed E-state index contributed by atoms with van der Waals surface area (Å²) < 4.78 is 24.8. The first kappa shape index (κ1) is 19.8. The first-order valence-corrected chi connectivity index (χ1v) is 10.1. The number of nitrogens with zero attached hydrogens (tertiary/aromatic N) is 5. The normalized spacial score (nSPS) is 15.7. The van der Waals surface area contributed by atoms with E-state index in [0.717, 1.165) is 0 Å². The molecule has 0 N–H and O–H groups in total. The second-order valence-corrected chi connectivity index (χ2v) is 7.30. The van der Waals surface area contributed by atoms with Gasteiger partial charge in [0, 0.05) is 30.9 Å². The van der Waals surface area contributed by atoms with Crippen molar-refractivity contribution >= 4 is 5.91 Å². The predicted molar refractivity (Wildman–Crippen MR) is 112 cm³/mol. The zero-order valence-electron chi connectivity index (χ0n) is 16.9. The number of halogens is 1. The van der Waals surface area contributed by atoms with Crippen LogP contribution in [0.25, 0.3) is 23.0 Å². The summed E-state index contributed by atoms with van der Waals surface area (Å²) in [6, 6.07) is 12.9. The van der Waals surface area contributed by atoms with E-state index in [1.165, 1.54) is 24.3 Å². The van der Waals surface area contributed by atoms with E-state index in [-0.39, 0.29) is 17.8 Å². The highest BCUT2D eigenvalue weighted by molar-refractivity contribution is 5.94. The number of carbonyl (C=O) groups excluding carboxylic acids is 1. The third kappa shape index (κ3) is 4.04. The summed E-state index contributed by atoms with van der Waals surface area (Å²) in [5.41, 5.74) is 1.61. The lowest BCUT2D eigenvalue weighted by Crippen LogP contribution is -2.31. The van der Waals surface area contributed by atoms with Gasteiger partial charge in [-0.2, -0.15) is 4.98 Å². The number of amides is 1. The molecule has 0 spiro atoms. The number of ether oxygens (including phenoxy) is 1. The summed E-state index contributed by atoms with van der Waals surface area (Å²) in [5, 5.41) is 3.99. The first-order valence-electron chi connectivity index (χ1n) is 10.1. The van der Waals surface area contributed by atoms with Crippen LogP contribution < -0.4 is 4.74 Å². The lowest BCUT2D eigenvalue weighted by atomic mass is 10.2. The summed E-state index contributed by atoms with van der Waals surface area (Å²) >= 11 is 0. The molecule has 4 aromatic rings. The van der Waals surface area contributed by atoms with Crippen LogP contribution in [-0.4, -0.2) is 50.1 Å². The number of aromatic nitrogens is 4. The molecule has 1 saturated heterocycles. The van der Waals surface area contributed by atoms with Gasteiger partial charge in [0.1, 0.15) is 23.4 Å². The molecule has 5 rings (SSSR count). The molecule has 32 heavy (non-hydrogen) atoms. The van der Waals surface area contributed by atoms with Gasteiger partial charge in [-0.3, -0.25) is 9.78 Å². The van der Waals surface area contributed by atoms with Crippen LogP contribution in [0.4, 0.5) is 4.39 Å². The van der Waals surface area contributed by atoms with Crippen LogP contribution in [0, 0.1) is 5.82 Å². The molecule has 0 bridgehead atoms. The lowest BCUT2D eigenvalue weighted by molar-refractivity contribution is 0.0772. The van der Waals surface area contributed by atoms with E-state index in [1.54, 1.807) is 23.5 Å². The fourth-order valence-corrected chi connectivity index (χ4v) is 3.56. The molecule has 0 saturated carbocycles. The predicted octanol–water partition coefficient (Wildman–Crippen LogP) is 3.63. The van der Waals surface area contributed by atoms with Gasteiger partial charge in [-0.25, -0.2) is 9.37 Å². The van der Waals surface area contributed by atoms with E-state index in [0.29, 0.717) is 53.8 Å². The minimum atomic E-state index is -0.371. The van der Waals surface area contributed by atoms with Crippen LogP contribution in [0.1, 0.15) is 16.8 Å². The largest absolute Gasteiger partial charge is 0.488 e. The standard InChI is InChI=1S/C23H18FN5O3/c24-16-7-5-15(6-8-16)23(30)29-12-9-17(14-29)31-20-4-2-1-3-18(20)22-27-21(28-32-22)19-13-25-10-11-26-19/h1-8,10-11,13,17H,9,12,14H2. The van der Waals surface area contributed by atoms with Crippen molar-refractivity contribution in [3.8, 4) is 28.7 Å². The van der Waals surface area contributed by atoms with Crippen molar-refractivity contribution in [2.24, 2.45) is 0 Å². The molecule has 2 aromatic carbocycles. The van der Waals surface area contributed by atoms with Crippen molar-refractivity contribution in [1.82, 2.24) is 25.0 Å². The fourth-order valence-electron chi connectivity index (χ4n) is 3.56. The number of hydrogen-bond acceptors (Lipinski definition) is 7. The molecular weight excluding hydrogens is 413 g/mol. The Morgan fingerprint density at radius 2 is 1.97 bits per heavy atom. The van der Waals surface area contributed by atoms with Crippen molar-refractivity contribution in [1.29, 1.82) is 0 Å². The molecule has 2 aromatic heterocycles. The zero-order valence-corrected chi connectivity index (χ0v) is 16.9. The molecule has 1 fully saturated rings. The third-order valence-corrected chi connectivity index (χ3v) is 5.15. The molecule has 1 amide bonds. The Bertz CT molecular complexity index is 1230. The number of likely N-dealkylation sites (tertiary alicyclic amines) is 1. The topological polar surface area (TPSA) is 94.2 Å². The maximum absolute atomic E-state index is 13.1. The molecule has 0 radical (unpaired) electrons. The maximum Gasteiger partial charge on any atom is 0.262 e. The van der Waals surface area contributed by atoms with Crippen LogP contribution in [-0.2, 0) is 0 Å². The Hall–Kier alpha value is -4.14. The van der Waals surface area contributed by atoms with Gasteiger partial charge in [-0.05, 0) is 36.4 Å². The number of para-hydroxylation sites is 1. The third-order valence-electron chi connectivity index (χ3n) is 5.15. The Morgan fingerprint density at radius 3 is 2.78 bits per heavy atom. The number of carbonyl (C=O) groups is 1. The summed E-state index contributed by atoms with van der Waals surface area (Å²) in [7, 11) is 0. The Morgan fingerprint density at radius 1 is 1.12 bits per heavy atom. The van der Waals surface area contributed by atoms with Crippen LogP contribution >= 0.6 is 0 Å². The molecule has 3 heterocycles. The minimum Gasteiger partial charge on any atom is -0.488 e. The summed E-state index contributed by atoms with van der Waals surface area (Å²) in [5.74, 6) is 0.709. The van der Waals surface area contributed by atoms with Crippen LogP contribution in [0.5, 0.6) is 5.75 Å². The second kappa shape index (κ2) is 8.54. The maximum atomic E-state index is 13.1. The van der Waals surface area contributed by atoms with Crippen molar-refractivity contribution < 1.29 is 18.4 Å². The molecule has 8 nitrogen and oxygen atoms in total. The van der Waals surface area contributed by atoms with E-state index in [9.17, 15) is 9.18 Å². The lowest BCUT2D eigenvalue weighted by Gasteiger charge is -2.18. The summed E-state index contributed by atoms with van der Waals surface area (Å²) in [4.78, 5) is 27.0. The van der Waals surface area contributed by atoms with Gasteiger partial charge in [0.15, 0.2) is 0 Å². The van der Waals surface area contributed by atoms with Crippen molar-refractivity contribution in [2.45, 2.75) is 12.5 Å². The Balaban J connectivity index is 1.31. The highest BCUT2D eigenvalue weighted by Crippen LogP contribution is 2.31. The molecule has 1 aliphatic rings. The van der Waals surface area contributed by atoms with Gasteiger partial charge >= 0.3 is 0 Å².